The van der Waals surface area contributed by atoms with Crippen molar-refractivity contribution in [2.24, 2.45) is 5.10 Å². The summed E-state index contributed by atoms with van der Waals surface area (Å²) < 4.78 is 17.3. The molecule has 0 atom stereocenters. The third-order valence-electron chi connectivity index (χ3n) is 6.68. The summed E-state index contributed by atoms with van der Waals surface area (Å²) in [6, 6.07) is 15.7. The van der Waals surface area contributed by atoms with Crippen molar-refractivity contribution in [3.05, 3.63) is 59.7 Å². The fraction of sp³-hybridized carbons (Fsp3) is 0.448. The molecule has 0 amide bonds. The molecule has 1 aromatic heterocycles. The second kappa shape index (κ2) is 13.7. The first-order chi connectivity index (χ1) is 19.2. The average molecular weight is 532 g/mol. The normalized spacial score (nSPS) is 15.3. The van der Waals surface area contributed by atoms with Crippen molar-refractivity contribution in [3.8, 4) is 11.5 Å². The van der Waals surface area contributed by atoms with E-state index in [0.717, 1.165) is 80.8 Å². The van der Waals surface area contributed by atoms with Gasteiger partial charge in [-0.3, -0.25) is 0 Å². The fourth-order valence-electron chi connectivity index (χ4n) is 4.56. The molecule has 0 bridgehead atoms. The Kier molecular flexibility index (Phi) is 9.41. The summed E-state index contributed by atoms with van der Waals surface area (Å²) in [5, 5.41) is 4.42. The Labute approximate surface area is 230 Å². The predicted molar refractivity (Wildman–Crippen MR) is 153 cm³/mol. The van der Waals surface area contributed by atoms with Gasteiger partial charge in [0.15, 0.2) is 0 Å². The molecule has 3 aromatic rings. The van der Waals surface area contributed by atoms with E-state index in [9.17, 15) is 0 Å². The van der Waals surface area contributed by atoms with Crippen LogP contribution in [0, 0.1) is 6.92 Å². The van der Waals surface area contributed by atoms with Gasteiger partial charge in [0, 0.05) is 31.7 Å². The number of nitrogens with zero attached hydrogens (tertiary/aromatic N) is 6. The van der Waals surface area contributed by atoms with Gasteiger partial charge in [0.1, 0.15) is 24.7 Å². The molecule has 10 heteroatoms. The van der Waals surface area contributed by atoms with E-state index in [1.54, 1.807) is 6.21 Å². The van der Waals surface area contributed by atoms with E-state index in [0.29, 0.717) is 32.4 Å². The first kappa shape index (κ1) is 26.7. The number of aromatic nitrogens is 3. The Hall–Kier alpha value is -3.92. The van der Waals surface area contributed by atoms with Crippen molar-refractivity contribution in [2.75, 3.05) is 67.8 Å². The molecule has 206 valence electrons. The van der Waals surface area contributed by atoms with Gasteiger partial charge in [-0.1, -0.05) is 29.8 Å². The molecule has 0 spiro atoms. The summed E-state index contributed by atoms with van der Waals surface area (Å²) in [6.07, 6.45) is 6.37. The topological polar surface area (TPSA) is 97.2 Å². The van der Waals surface area contributed by atoms with Crippen LogP contribution in [0.2, 0.25) is 0 Å². The van der Waals surface area contributed by atoms with Crippen molar-refractivity contribution in [3.63, 3.8) is 0 Å². The van der Waals surface area contributed by atoms with E-state index < -0.39 is 0 Å². The third-order valence-corrected chi connectivity index (χ3v) is 6.68. The number of para-hydroxylation sites is 1. The number of hydrogen-bond acceptors (Lipinski definition) is 10. The Bertz CT molecular complexity index is 1180. The molecule has 0 unspecified atom stereocenters. The van der Waals surface area contributed by atoms with Gasteiger partial charge in [0.25, 0.3) is 0 Å². The maximum atomic E-state index is 5.95. The fourth-order valence-corrected chi connectivity index (χ4v) is 4.56. The minimum absolute atomic E-state index is 0.425. The summed E-state index contributed by atoms with van der Waals surface area (Å²) >= 11 is 0. The van der Waals surface area contributed by atoms with Gasteiger partial charge in [-0.2, -0.15) is 20.1 Å². The lowest BCUT2D eigenvalue weighted by atomic mass is 10.2. The van der Waals surface area contributed by atoms with E-state index in [1.807, 2.05) is 48.5 Å². The molecule has 2 fully saturated rings. The number of nitrogens with one attached hydrogen (secondary N) is 1. The second-order valence-corrected chi connectivity index (χ2v) is 9.68. The van der Waals surface area contributed by atoms with Crippen LogP contribution in [-0.4, -0.2) is 73.8 Å². The minimum Gasteiger partial charge on any atom is -0.491 e. The number of hydrogen-bond donors (Lipinski definition) is 1. The maximum Gasteiger partial charge on any atom is 0.250 e. The smallest absolute Gasteiger partial charge is 0.250 e. The number of ether oxygens (including phenoxy) is 3. The Morgan fingerprint density at radius 1 is 0.769 bits per heavy atom. The van der Waals surface area contributed by atoms with Gasteiger partial charge < -0.3 is 24.0 Å². The number of rotatable bonds is 13. The number of anilines is 3. The van der Waals surface area contributed by atoms with Crippen LogP contribution in [-0.2, 0) is 4.74 Å². The van der Waals surface area contributed by atoms with Crippen LogP contribution in [0.5, 0.6) is 11.5 Å². The molecule has 2 aliphatic heterocycles. The van der Waals surface area contributed by atoms with E-state index in [-0.39, 0.29) is 0 Å². The monoisotopic (exact) mass is 531 g/mol. The molecule has 2 saturated heterocycles. The van der Waals surface area contributed by atoms with Crippen molar-refractivity contribution in [1.82, 2.24) is 15.0 Å². The molecule has 39 heavy (non-hydrogen) atoms. The van der Waals surface area contributed by atoms with Crippen LogP contribution in [0.3, 0.4) is 0 Å². The molecule has 2 aliphatic rings. The summed E-state index contributed by atoms with van der Waals surface area (Å²) in [5.41, 5.74) is 5.07. The van der Waals surface area contributed by atoms with Crippen LogP contribution < -0.4 is 24.7 Å². The highest BCUT2D eigenvalue weighted by Crippen LogP contribution is 2.23. The van der Waals surface area contributed by atoms with Gasteiger partial charge in [0.2, 0.25) is 17.8 Å². The van der Waals surface area contributed by atoms with Crippen LogP contribution in [0.15, 0.2) is 53.6 Å². The van der Waals surface area contributed by atoms with Gasteiger partial charge >= 0.3 is 0 Å². The first-order valence-corrected chi connectivity index (χ1v) is 13.8. The molecular weight excluding hydrogens is 494 g/mol. The Morgan fingerprint density at radius 2 is 1.38 bits per heavy atom. The van der Waals surface area contributed by atoms with Crippen LogP contribution >= 0.6 is 0 Å². The van der Waals surface area contributed by atoms with E-state index in [1.165, 1.54) is 5.56 Å². The zero-order chi connectivity index (χ0) is 26.7. The second-order valence-electron chi connectivity index (χ2n) is 9.68. The molecular formula is C29H37N7O3. The highest BCUT2D eigenvalue weighted by atomic mass is 16.5. The zero-order valence-electron chi connectivity index (χ0n) is 22.6. The summed E-state index contributed by atoms with van der Waals surface area (Å²) in [7, 11) is 0. The lowest BCUT2D eigenvalue weighted by molar-refractivity contribution is 0.0764. The van der Waals surface area contributed by atoms with Crippen molar-refractivity contribution in [1.29, 1.82) is 0 Å². The predicted octanol–water partition coefficient (Wildman–Crippen LogP) is 4.30. The molecule has 1 N–H and O–H groups in total. The van der Waals surface area contributed by atoms with Crippen molar-refractivity contribution >= 4 is 24.1 Å². The standard InChI is InChI=1S/C29H37N7O3/c1-23-10-12-25(13-11-23)38-20-18-37-19-21-39-26-9-3-2-8-24(26)22-30-34-27-31-28(35-14-4-5-15-35)33-29(32-27)36-16-6-7-17-36/h2-3,8-13,22H,4-7,14-21H2,1H3,(H,31,32,33,34). The minimum atomic E-state index is 0.425. The molecule has 10 nitrogen and oxygen atoms in total. The highest BCUT2D eigenvalue weighted by molar-refractivity contribution is 5.83. The summed E-state index contributed by atoms with van der Waals surface area (Å²) in [4.78, 5) is 18.5. The number of aryl methyl sites for hydroxylation is 1. The Morgan fingerprint density at radius 3 is 2.05 bits per heavy atom. The molecule has 0 saturated carbocycles. The lowest BCUT2D eigenvalue weighted by Crippen LogP contribution is -2.25. The molecule has 3 heterocycles. The number of benzene rings is 2. The van der Waals surface area contributed by atoms with Crippen LogP contribution in [0.4, 0.5) is 17.8 Å². The van der Waals surface area contributed by atoms with Gasteiger partial charge in [0.05, 0.1) is 19.4 Å². The van der Waals surface area contributed by atoms with Crippen LogP contribution in [0.1, 0.15) is 36.8 Å². The van der Waals surface area contributed by atoms with Gasteiger partial charge in [-0.15, -0.1) is 0 Å². The zero-order valence-corrected chi connectivity index (χ0v) is 22.6. The first-order valence-electron chi connectivity index (χ1n) is 13.8. The van der Waals surface area contributed by atoms with Crippen molar-refractivity contribution < 1.29 is 14.2 Å². The molecule has 0 aliphatic carbocycles. The Balaban J connectivity index is 1.11. The average Bonchev–Trinajstić information content (AvgIpc) is 3.70. The largest absolute Gasteiger partial charge is 0.491 e. The molecule has 5 rings (SSSR count). The highest BCUT2D eigenvalue weighted by Gasteiger charge is 2.21. The summed E-state index contributed by atoms with van der Waals surface area (Å²) in [5.74, 6) is 3.46. The quantitative estimate of drug-likeness (QED) is 0.197. The third kappa shape index (κ3) is 7.79. The van der Waals surface area contributed by atoms with Crippen molar-refractivity contribution in [2.45, 2.75) is 32.6 Å². The van der Waals surface area contributed by atoms with Gasteiger partial charge in [-0.25, -0.2) is 5.43 Å². The SMILES string of the molecule is Cc1ccc(OCCOCCOc2ccccc2C=NNc2nc(N3CCCC3)nc(N3CCCC3)n2)cc1. The van der Waals surface area contributed by atoms with E-state index in [2.05, 4.69) is 37.2 Å². The van der Waals surface area contributed by atoms with Gasteiger partial charge in [-0.05, 0) is 56.9 Å². The van der Waals surface area contributed by atoms with E-state index >= 15 is 0 Å². The summed E-state index contributed by atoms with van der Waals surface area (Å²) in [6.45, 7) is 7.82. The maximum absolute atomic E-state index is 5.95. The van der Waals surface area contributed by atoms with E-state index in [4.69, 9.17) is 19.2 Å². The van der Waals surface area contributed by atoms with Crippen LogP contribution in [0.25, 0.3) is 0 Å². The molecule has 2 aromatic carbocycles. The number of hydrazone groups is 1. The lowest BCUT2D eigenvalue weighted by Gasteiger charge is -2.20. The molecule has 0 radical (unpaired) electrons.